The van der Waals surface area contributed by atoms with Crippen LogP contribution in [0.25, 0.3) is 0 Å². The number of nitrogens with one attached hydrogen (secondary N) is 1. The zero-order valence-electron chi connectivity index (χ0n) is 9.94. The summed E-state index contributed by atoms with van der Waals surface area (Å²) in [5, 5.41) is 14.6. The van der Waals surface area contributed by atoms with E-state index < -0.39 is 17.7 Å². The monoisotopic (exact) mass is 286 g/mol. The van der Waals surface area contributed by atoms with E-state index in [4.69, 9.17) is 9.84 Å². The highest BCUT2D eigenvalue weighted by Gasteiger charge is 2.30. The zero-order valence-corrected chi connectivity index (χ0v) is 9.94. The Kier molecular flexibility index (Phi) is 3.64. The third-order valence-electron chi connectivity index (χ3n) is 2.41. The van der Waals surface area contributed by atoms with E-state index in [0.717, 1.165) is 12.1 Å². The van der Waals surface area contributed by atoms with Gasteiger partial charge in [0.05, 0.1) is 11.3 Å². The molecule has 8 heteroatoms. The second kappa shape index (κ2) is 5.24. The molecule has 20 heavy (non-hydrogen) atoms. The van der Waals surface area contributed by atoms with Gasteiger partial charge in [-0.05, 0) is 24.3 Å². The van der Waals surface area contributed by atoms with Crippen molar-refractivity contribution in [2.75, 3.05) is 0 Å². The topological polar surface area (TPSA) is 75.2 Å². The predicted octanol–water partition coefficient (Wildman–Crippen LogP) is 2.71. The number of carboxylic acid groups (broad SMARTS) is 1. The lowest BCUT2D eigenvalue weighted by atomic mass is 10.2. The van der Waals surface area contributed by atoms with E-state index in [2.05, 4.69) is 10.2 Å². The normalized spacial score (nSPS) is 11.3. The van der Waals surface area contributed by atoms with Crippen LogP contribution in [0.3, 0.4) is 0 Å². The Labute approximate surface area is 111 Å². The smallest absolute Gasteiger partial charge is 0.416 e. The highest BCUT2D eigenvalue weighted by molar-refractivity contribution is 5.85. The molecule has 0 aliphatic rings. The molecule has 0 saturated heterocycles. The number of ether oxygens (including phenoxy) is 1. The first kappa shape index (κ1) is 13.9. The molecule has 0 fully saturated rings. The van der Waals surface area contributed by atoms with Gasteiger partial charge in [0.1, 0.15) is 12.4 Å². The minimum Gasteiger partial charge on any atom is -0.487 e. The maximum Gasteiger partial charge on any atom is 0.416 e. The maximum atomic E-state index is 12.5. The van der Waals surface area contributed by atoms with Crippen LogP contribution in [0.5, 0.6) is 5.75 Å². The van der Waals surface area contributed by atoms with Gasteiger partial charge >= 0.3 is 12.1 Å². The van der Waals surface area contributed by atoms with E-state index in [9.17, 15) is 18.0 Å². The number of rotatable bonds is 4. The molecule has 5 nitrogen and oxygen atoms in total. The van der Waals surface area contributed by atoms with Crippen molar-refractivity contribution in [3.05, 3.63) is 47.3 Å². The number of carboxylic acids is 1. The average Bonchev–Trinajstić information content (AvgIpc) is 2.85. The predicted molar refractivity (Wildman–Crippen MR) is 61.3 cm³/mol. The fourth-order valence-corrected chi connectivity index (χ4v) is 1.47. The lowest BCUT2D eigenvalue weighted by molar-refractivity contribution is -0.137. The SMILES string of the molecule is O=C(O)c1cc(COc2cccc(C(F)(F)F)c2)[nH]n1. The molecule has 2 rings (SSSR count). The molecule has 0 unspecified atom stereocenters. The van der Waals surface area contributed by atoms with Crippen LogP contribution in [0.2, 0.25) is 0 Å². The Morgan fingerprint density at radius 3 is 2.70 bits per heavy atom. The molecule has 106 valence electrons. The quantitative estimate of drug-likeness (QED) is 0.906. The van der Waals surface area contributed by atoms with Crippen molar-refractivity contribution in [1.29, 1.82) is 0 Å². The number of aromatic nitrogens is 2. The van der Waals surface area contributed by atoms with Crippen molar-refractivity contribution in [2.24, 2.45) is 0 Å². The first-order valence-electron chi connectivity index (χ1n) is 5.44. The van der Waals surface area contributed by atoms with Gasteiger partial charge in [0.15, 0.2) is 5.69 Å². The summed E-state index contributed by atoms with van der Waals surface area (Å²) in [6, 6.07) is 5.66. The number of hydrogen-bond donors (Lipinski definition) is 2. The molecule has 0 bridgehead atoms. The fraction of sp³-hybridized carbons (Fsp3) is 0.167. The molecule has 0 spiro atoms. The van der Waals surface area contributed by atoms with Gasteiger partial charge in [-0.25, -0.2) is 4.79 Å². The molecule has 0 atom stereocenters. The first-order chi connectivity index (χ1) is 9.36. The second-order valence-corrected chi connectivity index (χ2v) is 3.90. The summed E-state index contributed by atoms with van der Waals surface area (Å²) < 4.78 is 42.6. The molecule has 0 radical (unpaired) electrons. The number of nitrogens with zero attached hydrogens (tertiary/aromatic N) is 1. The summed E-state index contributed by atoms with van der Waals surface area (Å²) in [6.07, 6.45) is -4.44. The van der Waals surface area contributed by atoms with E-state index in [1.54, 1.807) is 0 Å². The van der Waals surface area contributed by atoms with Gasteiger partial charge < -0.3 is 9.84 Å². The largest absolute Gasteiger partial charge is 0.487 e. The average molecular weight is 286 g/mol. The van der Waals surface area contributed by atoms with Crippen molar-refractivity contribution in [3.8, 4) is 5.75 Å². The van der Waals surface area contributed by atoms with Crippen molar-refractivity contribution in [3.63, 3.8) is 0 Å². The maximum absolute atomic E-state index is 12.5. The van der Waals surface area contributed by atoms with Crippen LogP contribution in [-0.2, 0) is 12.8 Å². The molecule has 0 amide bonds. The third kappa shape index (κ3) is 3.28. The molecule has 1 aromatic carbocycles. The van der Waals surface area contributed by atoms with Crippen LogP contribution < -0.4 is 4.74 Å². The molecule has 0 aliphatic carbocycles. The molecular formula is C12H9F3N2O3. The van der Waals surface area contributed by atoms with Gasteiger partial charge in [0.25, 0.3) is 0 Å². The van der Waals surface area contributed by atoms with Gasteiger partial charge in [-0.3, -0.25) is 5.10 Å². The van der Waals surface area contributed by atoms with E-state index in [0.29, 0.717) is 5.69 Å². The number of benzene rings is 1. The standard InChI is InChI=1S/C12H9F3N2O3/c13-12(14,15)7-2-1-3-9(4-7)20-6-8-5-10(11(18)19)17-16-8/h1-5H,6H2,(H,16,17)(H,18,19). The molecule has 2 aromatic rings. The first-order valence-corrected chi connectivity index (χ1v) is 5.44. The summed E-state index contributed by atoms with van der Waals surface area (Å²) >= 11 is 0. The van der Waals surface area contributed by atoms with E-state index in [1.165, 1.54) is 18.2 Å². The third-order valence-corrected chi connectivity index (χ3v) is 2.41. The zero-order chi connectivity index (χ0) is 14.8. The van der Waals surface area contributed by atoms with Crippen LogP contribution >= 0.6 is 0 Å². The Morgan fingerprint density at radius 2 is 2.10 bits per heavy atom. The molecule has 1 heterocycles. The lowest BCUT2D eigenvalue weighted by Crippen LogP contribution is -2.05. The minimum absolute atomic E-state index is 0.0336. The van der Waals surface area contributed by atoms with Gasteiger partial charge in [-0.2, -0.15) is 18.3 Å². The van der Waals surface area contributed by atoms with Crippen molar-refractivity contribution in [2.45, 2.75) is 12.8 Å². The Bertz CT molecular complexity index is 622. The lowest BCUT2D eigenvalue weighted by Gasteiger charge is -2.09. The molecule has 0 saturated carbocycles. The van der Waals surface area contributed by atoms with Crippen LogP contribution in [-0.4, -0.2) is 21.3 Å². The van der Waals surface area contributed by atoms with Gasteiger partial charge in [0, 0.05) is 0 Å². The number of aromatic carboxylic acids is 1. The minimum atomic E-state index is -4.44. The Balaban J connectivity index is 2.05. The van der Waals surface area contributed by atoms with Crippen LogP contribution in [0.15, 0.2) is 30.3 Å². The second-order valence-electron chi connectivity index (χ2n) is 3.90. The molecule has 1 aromatic heterocycles. The van der Waals surface area contributed by atoms with E-state index in [1.807, 2.05) is 0 Å². The van der Waals surface area contributed by atoms with Gasteiger partial charge in [-0.15, -0.1) is 0 Å². The fourth-order valence-electron chi connectivity index (χ4n) is 1.47. The number of halogens is 3. The highest BCUT2D eigenvalue weighted by Crippen LogP contribution is 2.31. The summed E-state index contributed by atoms with van der Waals surface area (Å²) in [6.45, 7) is -0.110. The number of aromatic amines is 1. The van der Waals surface area contributed by atoms with E-state index >= 15 is 0 Å². The highest BCUT2D eigenvalue weighted by atomic mass is 19.4. The van der Waals surface area contributed by atoms with Gasteiger partial charge in [0.2, 0.25) is 0 Å². The number of H-pyrrole nitrogens is 1. The molecule has 0 aliphatic heterocycles. The van der Waals surface area contributed by atoms with Crippen molar-refractivity contribution in [1.82, 2.24) is 10.2 Å². The summed E-state index contributed by atoms with van der Waals surface area (Å²) in [5.41, 5.74) is -0.654. The van der Waals surface area contributed by atoms with Crippen LogP contribution in [0, 0.1) is 0 Å². The Hall–Kier alpha value is -2.51. The van der Waals surface area contributed by atoms with Crippen LogP contribution in [0.4, 0.5) is 13.2 Å². The summed E-state index contributed by atoms with van der Waals surface area (Å²) in [4.78, 5) is 10.6. The molecule has 2 N–H and O–H groups in total. The Morgan fingerprint density at radius 1 is 1.35 bits per heavy atom. The summed E-state index contributed by atoms with van der Waals surface area (Å²) in [7, 11) is 0. The van der Waals surface area contributed by atoms with Crippen molar-refractivity contribution < 1.29 is 27.8 Å². The van der Waals surface area contributed by atoms with Gasteiger partial charge in [-0.1, -0.05) is 6.07 Å². The summed E-state index contributed by atoms with van der Waals surface area (Å²) in [5.74, 6) is -1.17. The number of hydrogen-bond acceptors (Lipinski definition) is 3. The number of alkyl halides is 3. The van der Waals surface area contributed by atoms with Crippen molar-refractivity contribution >= 4 is 5.97 Å². The van der Waals surface area contributed by atoms with E-state index in [-0.39, 0.29) is 18.1 Å². The number of carbonyl (C=O) groups is 1. The van der Waals surface area contributed by atoms with Crippen LogP contribution in [0.1, 0.15) is 21.7 Å². The molecular weight excluding hydrogens is 277 g/mol.